The van der Waals surface area contributed by atoms with Crippen molar-refractivity contribution in [2.24, 2.45) is 0 Å². The fourth-order valence-corrected chi connectivity index (χ4v) is 3.96. The topological polar surface area (TPSA) is 76.2 Å². The number of hydrogen-bond donors (Lipinski definition) is 1. The highest BCUT2D eigenvalue weighted by Crippen LogP contribution is 2.30. The van der Waals surface area contributed by atoms with Crippen LogP contribution in [0.2, 0.25) is 0 Å². The third kappa shape index (κ3) is 3.52. The second kappa shape index (κ2) is 7.62. The van der Waals surface area contributed by atoms with Crippen molar-refractivity contribution >= 4 is 10.9 Å². The van der Waals surface area contributed by atoms with Crippen LogP contribution in [0.3, 0.4) is 0 Å². The first-order valence-corrected chi connectivity index (χ1v) is 9.51. The van der Waals surface area contributed by atoms with Gasteiger partial charge in [0.1, 0.15) is 5.82 Å². The van der Waals surface area contributed by atoms with Crippen LogP contribution < -0.4 is 5.56 Å². The minimum Gasteiger partial charge on any atom is -0.395 e. The molecular formula is C20H25N5O2. The largest absolute Gasteiger partial charge is 0.395 e. The normalized spacial score (nSPS) is 17.8. The van der Waals surface area contributed by atoms with E-state index in [4.69, 9.17) is 4.98 Å². The molecule has 2 aromatic heterocycles. The van der Waals surface area contributed by atoms with Gasteiger partial charge in [-0.15, -0.1) is 0 Å². The van der Waals surface area contributed by atoms with Crippen LogP contribution >= 0.6 is 0 Å². The van der Waals surface area contributed by atoms with E-state index in [2.05, 4.69) is 10.00 Å². The molecule has 0 amide bonds. The molecule has 0 saturated carbocycles. The zero-order valence-electron chi connectivity index (χ0n) is 15.6. The third-order valence-corrected chi connectivity index (χ3v) is 5.26. The summed E-state index contributed by atoms with van der Waals surface area (Å²) in [4.78, 5) is 20.2. The number of rotatable bonds is 6. The molecule has 0 aliphatic carbocycles. The fraction of sp³-hybridized carbons (Fsp3) is 0.450. The first kappa shape index (κ1) is 17.9. The summed E-state index contributed by atoms with van der Waals surface area (Å²) in [7, 11) is 0. The third-order valence-electron chi connectivity index (χ3n) is 5.26. The summed E-state index contributed by atoms with van der Waals surface area (Å²) < 4.78 is 3.61. The summed E-state index contributed by atoms with van der Waals surface area (Å²) >= 11 is 0. The fourth-order valence-electron chi connectivity index (χ4n) is 3.96. The number of aryl methyl sites for hydroxylation is 1. The molecule has 1 aromatic carbocycles. The Morgan fingerprint density at radius 3 is 2.85 bits per heavy atom. The highest BCUT2D eigenvalue weighted by atomic mass is 16.3. The van der Waals surface area contributed by atoms with Crippen molar-refractivity contribution in [2.75, 3.05) is 19.7 Å². The van der Waals surface area contributed by atoms with Crippen LogP contribution in [-0.2, 0) is 13.1 Å². The SMILES string of the molecule is Cc1cnn(CCN2CCCC2c2nc3ccccc3c(=O)n2CCO)c1. The van der Waals surface area contributed by atoms with E-state index < -0.39 is 0 Å². The van der Waals surface area contributed by atoms with Crippen LogP contribution in [0.1, 0.15) is 30.3 Å². The standard InChI is InChI=1S/C20H25N5O2/c1-15-13-21-24(14-15)10-9-23-8-4-7-18(23)19-22-17-6-3-2-5-16(17)20(27)25(19)11-12-26/h2-3,5-6,13-14,18,26H,4,7-12H2,1H3. The van der Waals surface area contributed by atoms with E-state index in [1.807, 2.05) is 42.2 Å². The molecule has 142 valence electrons. The lowest BCUT2D eigenvalue weighted by Gasteiger charge is -2.26. The summed E-state index contributed by atoms with van der Waals surface area (Å²) in [6.07, 6.45) is 5.95. The van der Waals surface area contributed by atoms with Gasteiger partial charge in [0.15, 0.2) is 0 Å². The van der Waals surface area contributed by atoms with Crippen molar-refractivity contribution in [3.8, 4) is 0 Å². The lowest BCUT2D eigenvalue weighted by molar-refractivity contribution is 0.220. The summed E-state index contributed by atoms with van der Waals surface area (Å²) in [5, 5.41) is 14.5. The first-order valence-electron chi connectivity index (χ1n) is 9.51. The highest BCUT2D eigenvalue weighted by Gasteiger charge is 2.30. The molecule has 0 radical (unpaired) electrons. The second-order valence-corrected chi connectivity index (χ2v) is 7.14. The van der Waals surface area contributed by atoms with E-state index in [0.717, 1.165) is 49.4 Å². The molecule has 7 nitrogen and oxygen atoms in total. The number of aromatic nitrogens is 4. The van der Waals surface area contributed by atoms with Crippen molar-refractivity contribution < 1.29 is 5.11 Å². The minimum atomic E-state index is -0.0772. The van der Waals surface area contributed by atoms with Crippen LogP contribution in [0.25, 0.3) is 10.9 Å². The molecule has 1 fully saturated rings. The van der Waals surface area contributed by atoms with E-state index in [1.54, 1.807) is 10.6 Å². The lowest BCUT2D eigenvalue weighted by atomic mass is 10.1. The van der Waals surface area contributed by atoms with Crippen LogP contribution in [0, 0.1) is 6.92 Å². The number of fused-ring (bicyclic) bond motifs is 1. The smallest absolute Gasteiger partial charge is 0.261 e. The number of para-hydroxylation sites is 1. The summed E-state index contributed by atoms with van der Waals surface area (Å²) in [6, 6.07) is 7.53. The van der Waals surface area contributed by atoms with E-state index >= 15 is 0 Å². The van der Waals surface area contributed by atoms with Crippen molar-refractivity contribution in [1.29, 1.82) is 0 Å². The highest BCUT2D eigenvalue weighted by molar-refractivity contribution is 5.77. The molecule has 1 unspecified atom stereocenters. The van der Waals surface area contributed by atoms with Gasteiger partial charge >= 0.3 is 0 Å². The minimum absolute atomic E-state index is 0.0702. The predicted molar refractivity (Wildman–Crippen MR) is 104 cm³/mol. The first-order chi connectivity index (χ1) is 13.2. The summed E-state index contributed by atoms with van der Waals surface area (Å²) in [5.74, 6) is 0.766. The summed E-state index contributed by atoms with van der Waals surface area (Å²) in [6.45, 7) is 4.87. The molecule has 4 rings (SSSR count). The van der Waals surface area contributed by atoms with Gasteiger partial charge in [0.25, 0.3) is 5.56 Å². The monoisotopic (exact) mass is 367 g/mol. The average molecular weight is 367 g/mol. The Bertz CT molecular complexity index is 993. The Morgan fingerprint density at radius 2 is 2.07 bits per heavy atom. The average Bonchev–Trinajstić information content (AvgIpc) is 3.31. The van der Waals surface area contributed by atoms with Crippen molar-refractivity contribution in [2.45, 2.75) is 38.9 Å². The zero-order chi connectivity index (χ0) is 18.8. The maximum Gasteiger partial charge on any atom is 0.261 e. The zero-order valence-corrected chi connectivity index (χ0v) is 15.6. The van der Waals surface area contributed by atoms with Crippen molar-refractivity contribution in [1.82, 2.24) is 24.2 Å². The molecule has 1 aliphatic heterocycles. The summed E-state index contributed by atoms with van der Waals surface area (Å²) in [5.41, 5.74) is 1.81. The maximum absolute atomic E-state index is 13.0. The molecule has 27 heavy (non-hydrogen) atoms. The van der Waals surface area contributed by atoms with Crippen molar-refractivity contribution in [3.63, 3.8) is 0 Å². The number of aliphatic hydroxyl groups excluding tert-OH is 1. The van der Waals surface area contributed by atoms with E-state index in [1.165, 1.54) is 0 Å². The number of hydrogen-bond acceptors (Lipinski definition) is 5. The number of likely N-dealkylation sites (tertiary alicyclic amines) is 1. The van der Waals surface area contributed by atoms with E-state index in [-0.39, 0.29) is 24.8 Å². The van der Waals surface area contributed by atoms with Gasteiger partial charge in [-0.1, -0.05) is 12.1 Å². The van der Waals surface area contributed by atoms with Gasteiger partial charge in [-0.2, -0.15) is 5.10 Å². The predicted octanol–water partition coefficient (Wildman–Crippen LogP) is 1.73. The van der Waals surface area contributed by atoms with Crippen LogP contribution in [0.4, 0.5) is 0 Å². The van der Waals surface area contributed by atoms with Gasteiger partial charge in [0.2, 0.25) is 0 Å². The Morgan fingerprint density at radius 1 is 1.22 bits per heavy atom. The van der Waals surface area contributed by atoms with Gasteiger partial charge in [0, 0.05) is 12.7 Å². The number of nitrogens with zero attached hydrogens (tertiary/aromatic N) is 5. The molecule has 1 saturated heterocycles. The maximum atomic E-state index is 13.0. The Kier molecular flexibility index (Phi) is 5.05. The van der Waals surface area contributed by atoms with Gasteiger partial charge in [0.05, 0.1) is 42.8 Å². The van der Waals surface area contributed by atoms with Gasteiger partial charge in [-0.25, -0.2) is 4.98 Å². The Balaban J connectivity index is 1.66. The molecular weight excluding hydrogens is 342 g/mol. The quantitative estimate of drug-likeness (QED) is 0.718. The van der Waals surface area contributed by atoms with Crippen LogP contribution in [0.15, 0.2) is 41.5 Å². The lowest BCUT2D eigenvalue weighted by Crippen LogP contribution is -2.34. The van der Waals surface area contributed by atoms with Crippen LogP contribution in [0.5, 0.6) is 0 Å². The van der Waals surface area contributed by atoms with Crippen molar-refractivity contribution in [3.05, 3.63) is 58.4 Å². The molecule has 7 heteroatoms. The van der Waals surface area contributed by atoms with Gasteiger partial charge in [-0.05, 0) is 44.0 Å². The van der Waals surface area contributed by atoms with Gasteiger partial charge in [-0.3, -0.25) is 18.9 Å². The van der Waals surface area contributed by atoms with Gasteiger partial charge < -0.3 is 5.11 Å². The molecule has 1 atom stereocenters. The number of benzene rings is 1. The molecule has 1 N–H and O–H groups in total. The molecule has 0 bridgehead atoms. The second-order valence-electron chi connectivity index (χ2n) is 7.14. The number of aliphatic hydroxyl groups is 1. The molecule has 0 spiro atoms. The van der Waals surface area contributed by atoms with E-state index in [0.29, 0.717) is 5.39 Å². The molecule has 3 aromatic rings. The Hall–Kier alpha value is -2.51. The van der Waals surface area contributed by atoms with E-state index in [9.17, 15) is 9.90 Å². The Labute approximate surface area is 157 Å². The molecule has 3 heterocycles. The molecule has 1 aliphatic rings. The van der Waals surface area contributed by atoms with Crippen LogP contribution in [-0.4, -0.2) is 49.0 Å².